The van der Waals surface area contributed by atoms with Gasteiger partial charge in [0.2, 0.25) is 0 Å². The van der Waals surface area contributed by atoms with Crippen molar-refractivity contribution in [3.05, 3.63) is 0 Å². The Morgan fingerprint density at radius 2 is 1.88 bits per heavy atom. The highest BCUT2D eigenvalue weighted by atomic mass is 19.4. The Morgan fingerprint density at radius 3 is 2.31 bits per heavy atom. The van der Waals surface area contributed by atoms with Crippen LogP contribution in [0.15, 0.2) is 0 Å². The molecule has 5 heteroatoms. The van der Waals surface area contributed by atoms with Crippen molar-refractivity contribution in [1.82, 2.24) is 10.2 Å². The first-order valence-electron chi connectivity index (χ1n) is 5.89. The number of rotatable bonds is 4. The summed E-state index contributed by atoms with van der Waals surface area (Å²) in [6.07, 6.45) is -2.70. The molecule has 16 heavy (non-hydrogen) atoms. The Hall–Kier alpha value is -0.290. The molecule has 1 saturated heterocycles. The van der Waals surface area contributed by atoms with E-state index in [0.29, 0.717) is 12.0 Å². The Balaban J connectivity index is 2.22. The highest BCUT2D eigenvalue weighted by Crippen LogP contribution is 2.24. The Morgan fingerprint density at radius 1 is 1.31 bits per heavy atom. The van der Waals surface area contributed by atoms with Gasteiger partial charge in [-0.25, -0.2) is 0 Å². The predicted octanol–water partition coefficient (Wildman–Crippen LogP) is 2.26. The van der Waals surface area contributed by atoms with E-state index in [4.69, 9.17) is 0 Å². The average molecular weight is 238 g/mol. The third-order valence-electron chi connectivity index (χ3n) is 3.51. The van der Waals surface area contributed by atoms with Crippen molar-refractivity contribution < 1.29 is 13.2 Å². The van der Waals surface area contributed by atoms with Gasteiger partial charge in [0.15, 0.2) is 0 Å². The summed E-state index contributed by atoms with van der Waals surface area (Å²) in [6, 6.07) is 0.463. The summed E-state index contributed by atoms with van der Waals surface area (Å²) in [5, 5.41) is 3.21. The van der Waals surface area contributed by atoms with Crippen LogP contribution in [0, 0.1) is 5.92 Å². The number of nitrogens with zero attached hydrogens (tertiary/aromatic N) is 1. The number of piperidine rings is 1. The maximum atomic E-state index is 12.0. The van der Waals surface area contributed by atoms with Crippen molar-refractivity contribution in [3.63, 3.8) is 0 Å². The number of halogens is 3. The van der Waals surface area contributed by atoms with Crippen molar-refractivity contribution in [2.75, 3.05) is 26.7 Å². The monoisotopic (exact) mass is 238 g/mol. The van der Waals surface area contributed by atoms with E-state index in [1.807, 2.05) is 11.9 Å². The van der Waals surface area contributed by atoms with Crippen molar-refractivity contribution in [1.29, 1.82) is 0 Å². The number of nitrogens with one attached hydrogen (secondary N) is 1. The van der Waals surface area contributed by atoms with Crippen LogP contribution < -0.4 is 5.32 Å². The first-order chi connectivity index (χ1) is 7.42. The molecule has 1 atom stereocenters. The van der Waals surface area contributed by atoms with Crippen LogP contribution in [0.25, 0.3) is 0 Å². The van der Waals surface area contributed by atoms with Gasteiger partial charge < -0.3 is 10.2 Å². The second kappa shape index (κ2) is 5.87. The molecule has 0 bridgehead atoms. The standard InChI is InChI=1S/C11H21F3N2/c1-9(15-2)10-3-6-16(7-4-10)8-5-11(12,13)14/h9-10,15H,3-8H2,1-2H3. The lowest BCUT2D eigenvalue weighted by Gasteiger charge is -2.34. The number of alkyl halides is 3. The second-order valence-corrected chi connectivity index (χ2v) is 4.62. The summed E-state index contributed by atoms with van der Waals surface area (Å²) in [4.78, 5) is 1.92. The van der Waals surface area contributed by atoms with Gasteiger partial charge in [-0.1, -0.05) is 0 Å². The SMILES string of the molecule is CNC(C)C1CCN(CCC(F)(F)F)CC1. The molecule has 1 fully saturated rings. The molecule has 0 aromatic heterocycles. The van der Waals surface area contributed by atoms with Gasteiger partial charge in [0.1, 0.15) is 0 Å². The Labute approximate surface area is 95.2 Å². The molecule has 96 valence electrons. The van der Waals surface area contributed by atoms with E-state index in [2.05, 4.69) is 12.2 Å². The molecular weight excluding hydrogens is 217 g/mol. The van der Waals surface area contributed by atoms with Gasteiger partial charge in [-0.05, 0) is 45.8 Å². The van der Waals surface area contributed by atoms with E-state index in [1.54, 1.807) is 0 Å². The summed E-state index contributed by atoms with van der Waals surface area (Å²) in [5.41, 5.74) is 0. The third-order valence-corrected chi connectivity index (χ3v) is 3.51. The molecule has 0 saturated carbocycles. The minimum atomic E-state index is -4.02. The zero-order chi connectivity index (χ0) is 12.2. The first kappa shape index (κ1) is 13.8. The van der Waals surface area contributed by atoms with E-state index in [9.17, 15) is 13.2 Å². The quantitative estimate of drug-likeness (QED) is 0.808. The average Bonchev–Trinajstić information content (AvgIpc) is 2.25. The van der Waals surface area contributed by atoms with Crippen LogP contribution >= 0.6 is 0 Å². The molecular formula is C11H21F3N2. The molecule has 0 radical (unpaired) electrons. The second-order valence-electron chi connectivity index (χ2n) is 4.62. The lowest BCUT2D eigenvalue weighted by Crippen LogP contribution is -2.41. The highest BCUT2D eigenvalue weighted by molar-refractivity contribution is 4.78. The molecule has 1 rings (SSSR count). The number of hydrogen-bond donors (Lipinski definition) is 1. The zero-order valence-electron chi connectivity index (χ0n) is 9.98. The fraction of sp³-hybridized carbons (Fsp3) is 1.00. The molecule has 0 aromatic carbocycles. The minimum absolute atomic E-state index is 0.157. The molecule has 0 aliphatic carbocycles. The van der Waals surface area contributed by atoms with E-state index >= 15 is 0 Å². The van der Waals surface area contributed by atoms with Crippen LogP contribution in [0.2, 0.25) is 0 Å². The highest BCUT2D eigenvalue weighted by Gasteiger charge is 2.29. The maximum absolute atomic E-state index is 12.0. The first-order valence-corrected chi connectivity index (χ1v) is 5.89. The van der Waals surface area contributed by atoms with E-state index in [-0.39, 0.29) is 6.54 Å². The van der Waals surface area contributed by atoms with E-state index < -0.39 is 12.6 Å². The lowest BCUT2D eigenvalue weighted by molar-refractivity contribution is -0.138. The van der Waals surface area contributed by atoms with Crippen molar-refractivity contribution in [3.8, 4) is 0 Å². The van der Waals surface area contributed by atoms with E-state index in [1.165, 1.54) is 0 Å². The van der Waals surface area contributed by atoms with Crippen molar-refractivity contribution >= 4 is 0 Å². The van der Waals surface area contributed by atoms with Gasteiger partial charge in [-0.3, -0.25) is 0 Å². The van der Waals surface area contributed by atoms with Crippen LogP contribution in [0.4, 0.5) is 13.2 Å². The summed E-state index contributed by atoms with van der Waals surface area (Å²) in [7, 11) is 1.93. The summed E-state index contributed by atoms with van der Waals surface area (Å²) < 4.78 is 36.1. The van der Waals surface area contributed by atoms with Crippen LogP contribution in [0.3, 0.4) is 0 Å². The molecule has 1 N–H and O–H groups in total. The number of likely N-dealkylation sites (tertiary alicyclic amines) is 1. The minimum Gasteiger partial charge on any atom is -0.317 e. The molecule has 1 aliphatic heterocycles. The lowest BCUT2D eigenvalue weighted by atomic mass is 9.90. The zero-order valence-corrected chi connectivity index (χ0v) is 9.98. The van der Waals surface area contributed by atoms with Gasteiger partial charge in [0.05, 0.1) is 6.42 Å². The summed E-state index contributed by atoms with van der Waals surface area (Å²) >= 11 is 0. The topological polar surface area (TPSA) is 15.3 Å². The fourth-order valence-electron chi connectivity index (χ4n) is 2.20. The molecule has 1 unspecified atom stereocenters. The third kappa shape index (κ3) is 4.70. The maximum Gasteiger partial charge on any atom is 0.390 e. The summed E-state index contributed by atoms with van der Waals surface area (Å²) in [6.45, 7) is 3.89. The predicted molar refractivity (Wildman–Crippen MR) is 58.4 cm³/mol. The van der Waals surface area contributed by atoms with Gasteiger partial charge in [0.25, 0.3) is 0 Å². The number of hydrogen-bond acceptors (Lipinski definition) is 2. The molecule has 0 spiro atoms. The van der Waals surface area contributed by atoms with Gasteiger partial charge in [-0.15, -0.1) is 0 Å². The van der Waals surface area contributed by atoms with Gasteiger partial charge in [0, 0.05) is 12.6 Å². The van der Waals surface area contributed by atoms with Gasteiger partial charge in [-0.2, -0.15) is 13.2 Å². The van der Waals surface area contributed by atoms with Crippen molar-refractivity contribution in [2.24, 2.45) is 5.92 Å². The normalized spacial score (nSPS) is 22.3. The smallest absolute Gasteiger partial charge is 0.317 e. The Kier molecular flexibility index (Phi) is 5.05. The van der Waals surface area contributed by atoms with Crippen LogP contribution in [0.1, 0.15) is 26.2 Å². The fourth-order valence-corrected chi connectivity index (χ4v) is 2.20. The Bertz CT molecular complexity index is 198. The molecule has 1 heterocycles. The molecule has 0 amide bonds. The summed E-state index contributed by atoms with van der Waals surface area (Å²) in [5.74, 6) is 0.604. The van der Waals surface area contributed by atoms with Crippen LogP contribution in [-0.2, 0) is 0 Å². The van der Waals surface area contributed by atoms with Crippen molar-refractivity contribution in [2.45, 2.75) is 38.4 Å². The van der Waals surface area contributed by atoms with E-state index in [0.717, 1.165) is 25.9 Å². The molecule has 1 aliphatic rings. The molecule has 2 nitrogen and oxygen atoms in total. The van der Waals surface area contributed by atoms with Crippen LogP contribution in [-0.4, -0.2) is 43.8 Å². The molecule has 0 aromatic rings. The largest absolute Gasteiger partial charge is 0.390 e. The van der Waals surface area contributed by atoms with Crippen LogP contribution in [0.5, 0.6) is 0 Å². The van der Waals surface area contributed by atoms with Gasteiger partial charge >= 0.3 is 6.18 Å².